The highest BCUT2D eigenvalue weighted by Crippen LogP contribution is 2.27. The lowest BCUT2D eigenvalue weighted by Gasteiger charge is -2.36. The lowest BCUT2D eigenvalue weighted by atomic mass is 9.87. The number of rotatable bonds is 7. The molecule has 0 unspecified atom stereocenters. The van der Waals surface area contributed by atoms with Gasteiger partial charge in [-0.05, 0) is 56.7 Å². The van der Waals surface area contributed by atoms with Gasteiger partial charge in [0.05, 0.1) is 0 Å². The van der Waals surface area contributed by atoms with E-state index in [1.165, 1.54) is 5.56 Å². The molecule has 1 fully saturated rings. The normalized spacial score (nSPS) is 15.4. The first-order chi connectivity index (χ1) is 12.6. The molecule has 0 spiro atoms. The van der Waals surface area contributed by atoms with Crippen LogP contribution in [0.15, 0.2) is 42.7 Å². The Morgan fingerprint density at radius 1 is 1.25 bits per heavy atom. The van der Waals surface area contributed by atoms with Crippen LogP contribution in [0.4, 0.5) is 0 Å². The highest BCUT2D eigenvalue weighted by molar-refractivity contribution is 5.85. The summed E-state index contributed by atoms with van der Waals surface area (Å²) in [4.78, 5) is 15.4. The van der Waals surface area contributed by atoms with Gasteiger partial charge in [0.15, 0.2) is 0 Å². The third-order valence-corrected chi connectivity index (χ3v) is 5.23. The van der Waals surface area contributed by atoms with Gasteiger partial charge < -0.3 is 15.5 Å². The van der Waals surface area contributed by atoms with Crippen LogP contribution < -0.4 is 10.6 Å². The molecular weight excluding hydrogens is 397 g/mol. The first-order valence-electron chi connectivity index (χ1n) is 9.39. The van der Waals surface area contributed by atoms with Crippen molar-refractivity contribution >= 4 is 30.7 Å². The van der Waals surface area contributed by atoms with Gasteiger partial charge in [0.2, 0.25) is 5.91 Å². The Labute approximate surface area is 179 Å². The average molecular weight is 428 g/mol. The molecule has 28 heavy (non-hydrogen) atoms. The van der Waals surface area contributed by atoms with Crippen molar-refractivity contribution in [2.24, 2.45) is 0 Å². The molecule has 1 aromatic heterocycles. The predicted octanol–water partition coefficient (Wildman–Crippen LogP) is 2.57. The molecule has 8 heteroatoms. The molecule has 0 atom stereocenters. The van der Waals surface area contributed by atoms with Crippen LogP contribution in [-0.2, 0) is 23.4 Å². The van der Waals surface area contributed by atoms with Crippen molar-refractivity contribution in [2.75, 3.05) is 26.7 Å². The number of carbonyl (C=O) groups is 1. The molecule has 0 bridgehead atoms. The van der Waals surface area contributed by atoms with Gasteiger partial charge in [0.1, 0.15) is 5.54 Å². The van der Waals surface area contributed by atoms with Crippen molar-refractivity contribution in [3.63, 3.8) is 0 Å². The minimum Gasteiger partial charge on any atom is -0.350 e. The number of carbonyl (C=O) groups excluding carboxylic acids is 1. The van der Waals surface area contributed by atoms with Gasteiger partial charge in [-0.25, -0.2) is 0 Å². The van der Waals surface area contributed by atoms with Crippen LogP contribution in [0.5, 0.6) is 0 Å². The molecule has 1 saturated heterocycles. The topological polar surface area (TPSA) is 62.2 Å². The zero-order valence-corrected chi connectivity index (χ0v) is 18.2. The highest BCUT2D eigenvalue weighted by atomic mass is 35.5. The molecule has 3 rings (SSSR count). The highest BCUT2D eigenvalue weighted by Gasteiger charge is 2.41. The fourth-order valence-corrected chi connectivity index (χ4v) is 3.53. The smallest absolute Gasteiger partial charge is 0.248 e. The maximum absolute atomic E-state index is 13.1. The van der Waals surface area contributed by atoms with E-state index in [-0.39, 0.29) is 30.7 Å². The summed E-state index contributed by atoms with van der Waals surface area (Å²) in [6.07, 6.45) is 5.14. The summed E-state index contributed by atoms with van der Waals surface area (Å²) in [5.74, 6) is 0.0544. The summed E-state index contributed by atoms with van der Waals surface area (Å²) in [6.45, 7) is 6.28. The summed E-state index contributed by atoms with van der Waals surface area (Å²) in [5.41, 5.74) is 1.81. The average Bonchev–Trinajstić information content (AvgIpc) is 3.22. The number of nitrogens with zero attached hydrogens (tertiary/aromatic N) is 3. The standard InChI is InChI=1S/C20H29N5O.2ClH/c1-3-24(2)16-18-7-4-6-17(14-18)15-22-19(26)20(8-11-21-12-9-20)25-13-5-10-23-25;;/h4-7,10,13-14,21H,3,8-9,11-12,15-16H2,1-2H3,(H,22,26);2*1H. The molecule has 2 aromatic rings. The van der Waals surface area contributed by atoms with Crippen LogP contribution in [0.25, 0.3) is 0 Å². The predicted molar refractivity (Wildman–Crippen MR) is 117 cm³/mol. The van der Waals surface area contributed by atoms with Crippen molar-refractivity contribution < 1.29 is 4.79 Å². The Morgan fingerprint density at radius 2 is 1.96 bits per heavy atom. The van der Waals surface area contributed by atoms with Crippen LogP contribution in [0, 0.1) is 0 Å². The minimum absolute atomic E-state index is 0. The number of halogens is 2. The second-order valence-electron chi connectivity index (χ2n) is 7.07. The van der Waals surface area contributed by atoms with Crippen LogP contribution >= 0.6 is 24.8 Å². The van der Waals surface area contributed by atoms with Gasteiger partial charge in [0, 0.05) is 25.5 Å². The number of hydrogen-bond donors (Lipinski definition) is 2. The van der Waals surface area contributed by atoms with E-state index in [0.29, 0.717) is 6.54 Å². The van der Waals surface area contributed by atoms with Crippen molar-refractivity contribution in [2.45, 2.75) is 38.4 Å². The van der Waals surface area contributed by atoms with Gasteiger partial charge in [0.25, 0.3) is 0 Å². The fraction of sp³-hybridized carbons (Fsp3) is 0.500. The van der Waals surface area contributed by atoms with E-state index in [1.54, 1.807) is 6.20 Å². The largest absolute Gasteiger partial charge is 0.350 e. The van der Waals surface area contributed by atoms with Crippen molar-refractivity contribution in [3.8, 4) is 0 Å². The second kappa shape index (κ2) is 11.4. The van der Waals surface area contributed by atoms with Crippen molar-refractivity contribution in [3.05, 3.63) is 53.9 Å². The number of aromatic nitrogens is 2. The Balaban J connectivity index is 0.00000196. The molecule has 156 valence electrons. The van der Waals surface area contributed by atoms with E-state index in [4.69, 9.17) is 0 Å². The summed E-state index contributed by atoms with van der Waals surface area (Å²) in [7, 11) is 2.11. The monoisotopic (exact) mass is 427 g/mol. The number of amides is 1. The lowest BCUT2D eigenvalue weighted by Crippen LogP contribution is -2.54. The molecule has 1 aromatic carbocycles. The number of benzene rings is 1. The summed E-state index contributed by atoms with van der Waals surface area (Å²) in [5, 5.41) is 10.9. The van der Waals surface area contributed by atoms with E-state index >= 15 is 0 Å². The molecule has 0 radical (unpaired) electrons. The molecule has 2 heterocycles. The molecule has 0 saturated carbocycles. The maximum atomic E-state index is 13.1. The Morgan fingerprint density at radius 3 is 2.61 bits per heavy atom. The summed E-state index contributed by atoms with van der Waals surface area (Å²) >= 11 is 0. The molecular formula is C20H31Cl2N5O. The molecule has 1 aliphatic rings. The lowest BCUT2D eigenvalue weighted by molar-refractivity contribution is -0.132. The van der Waals surface area contributed by atoms with Crippen LogP contribution in [0.3, 0.4) is 0 Å². The summed E-state index contributed by atoms with van der Waals surface area (Å²) in [6, 6.07) is 10.3. The molecule has 6 nitrogen and oxygen atoms in total. The van der Waals surface area contributed by atoms with E-state index in [2.05, 4.69) is 58.9 Å². The number of nitrogens with one attached hydrogen (secondary N) is 2. The van der Waals surface area contributed by atoms with Crippen LogP contribution in [0.2, 0.25) is 0 Å². The van der Waals surface area contributed by atoms with E-state index in [9.17, 15) is 4.79 Å². The maximum Gasteiger partial charge on any atom is 0.248 e. The van der Waals surface area contributed by atoms with Crippen LogP contribution in [-0.4, -0.2) is 47.3 Å². The van der Waals surface area contributed by atoms with Crippen molar-refractivity contribution in [1.29, 1.82) is 0 Å². The van der Waals surface area contributed by atoms with Crippen molar-refractivity contribution in [1.82, 2.24) is 25.3 Å². The SMILES string of the molecule is CCN(C)Cc1cccc(CNC(=O)C2(n3cccn3)CCNCC2)c1.Cl.Cl. The first kappa shape index (κ1) is 24.4. The number of piperidine rings is 1. The second-order valence-corrected chi connectivity index (χ2v) is 7.07. The zero-order valence-electron chi connectivity index (χ0n) is 16.6. The van der Waals surface area contributed by atoms with Gasteiger partial charge in [-0.1, -0.05) is 31.2 Å². The van der Waals surface area contributed by atoms with Gasteiger partial charge >= 0.3 is 0 Å². The molecule has 1 amide bonds. The third kappa shape index (κ3) is 5.70. The Bertz CT molecular complexity index is 717. The number of hydrogen-bond acceptors (Lipinski definition) is 4. The Hall–Kier alpha value is -1.60. The fourth-order valence-electron chi connectivity index (χ4n) is 3.53. The molecule has 0 aliphatic carbocycles. The molecule has 2 N–H and O–H groups in total. The zero-order chi connectivity index (χ0) is 18.4. The minimum atomic E-state index is -0.589. The van der Waals surface area contributed by atoms with Gasteiger partial charge in [-0.2, -0.15) is 5.10 Å². The summed E-state index contributed by atoms with van der Waals surface area (Å²) < 4.78 is 1.83. The quantitative estimate of drug-likeness (QED) is 0.712. The Kier molecular flexibility index (Phi) is 9.96. The van der Waals surface area contributed by atoms with Gasteiger partial charge in [-0.3, -0.25) is 9.48 Å². The van der Waals surface area contributed by atoms with E-state index in [1.807, 2.05) is 16.9 Å². The first-order valence-corrected chi connectivity index (χ1v) is 9.39. The van der Waals surface area contributed by atoms with Gasteiger partial charge in [-0.15, -0.1) is 24.8 Å². The third-order valence-electron chi connectivity index (χ3n) is 5.23. The van der Waals surface area contributed by atoms with E-state index in [0.717, 1.165) is 44.6 Å². The van der Waals surface area contributed by atoms with Crippen LogP contribution in [0.1, 0.15) is 30.9 Å². The molecule has 1 aliphatic heterocycles. The van der Waals surface area contributed by atoms with E-state index < -0.39 is 5.54 Å².